The van der Waals surface area contributed by atoms with Gasteiger partial charge >= 0.3 is 0 Å². The van der Waals surface area contributed by atoms with Gasteiger partial charge in [0.15, 0.2) is 17.5 Å². The van der Waals surface area contributed by atoms with Crippen LogP contribution in [-0.2, 0) is 21.3 Å². The van der Waals surface area contributed by atoms with Crippen LogP contribution >= 0.6 is 0 Å². The van der Waals surface area contributed by atoms with Gasteiger partial charge in [-0.05, 0) is 188 Å². The van der Waals surface area contributed by atoms with E-state index >= 15 is 0 Å². The zero-order chi connectivity index (χ0) is 75.2. The van der Waals surface area contributed by atoms with Gasteiger partial charge in [0.2, 0.25) is 0 Å². The minimum atomic E-state index is 0.374. The van der Waals surface area contributed by atoms with E-state index in [0.717, 1.165) is 194 Å². The molecule has 0 spiro atoms. The molecule has 108 heavy (non-hydrogen) atoms. The van der Waals surface area contributed by atoms with Gasteiger partial charge in [-0.1, -0.05) is 37.5 Å². The maximum absolute atomic E-state index is 9.07. The highest BCUT2D eigenvalue weighted by molar-refractivity contribution is 6.55. The van der Waals surface area contributed by atoms with Gasteiger partial charge in [-0.2, -0.15) is 0 Å². The first kappa shape index (κ1) is 75.9. The summed E-state index contributed by atoms with van der Waals surface area (Å²) in [6.07, 6.45) is 26.9. The Bertz CT molecular complexity index is 4830. The Labute approximate surface area is 633 Å². The third kappa shape index (κ3) is 18.1. The van der Waals surface area contributed by atoms with Crippen LogP contribution in [0.2, 0.25) is 0 Å². The second-order valence-corrected chi connectivity index (χ2v) is 29.3. The third-order valence-corrected chi connectivity index (χ3v) is 20.5. The van der Waals surface area contributed by atoms with Crippen LogP contribution in [0.25, 0.3) is 33.8 Å². The molecule has 3 aliphatic heterocycles. The molecule has 0 bridgehead atoms. The molecule has 6 aliphatic rings. The summed E-state index contributed by atoms with van der Waals surface area (Å²) in [4.78, 5) is 35.5. The van der Waals surface area contributed by atoms with Gasteiger partial charge in [0.1, 0.15) is 54.2 Å². The number of ether oxygens (including phenoxy) is 3. The molecule has 12 heterocycles. The summed E-state index contributed by atoms with van der Waals surface area (Å²) in [7, 11) is 14.3. The fourth-order valence-corrected chi connectivity index (χ4v) is 14.4. The van der Waals surface area contributed by atoms with Crippen molar-refractivity contribution in [2.75, 3.05) is 176 Å². The molecule has 15 rings (SSSR count). The van der Waals surface area contributed by atoms with Crippen molar-refractivity contribution < 1.29 is 14.2 Å². The Morgan fingerprint density at radius 2 is 0.852 bits per heavy atom. The van der Waals surface area contributed by atoms with Gasteiger partial charge in [-0.25, -0.2) is 28.5 Å². The topological polar surface area (TPSA) is 280 Å². The number of aryl methyl sites for hydroxylation is 2. The Balaban J connectivity index is 0.000000143. The van der Waals surface area contributed by atoms with Crippen molar-refractivity contribution in [1.82, 2.24) is 72.8 Å². The van der Waals surface area contributed by atoms with Crippen molar-refractivity contribution in [3.05, 3.63) is 161 Å². The van der Waals surface area contributed by atoms with E-state index in [9.17, 15) is 0 Å². The molecule has 0 saturated carbocycles. The number of hydrogen-bond acceptors (Lipinski definition) is 21. The number of aliphatic imine (C=N–C) groups is 3. The van der Waals surface area contributed by atoms with Crippen LogP contribution in [0.4, 0.5) is 34.5 Å². The lowest BCUT2D eigenvalue weighted by atomic mass is 9.95. The Morgan fingerprint density at radius 3 is 1.28 bits per heavy atom. The highest BCUT2D eigenvalue weighted by atomic mass is 16.5. The summed E-state index contributed by atoms with van der Waals surface area (Å²) in [5, 5.41) is 51.3. The standard InChI is InChI=1S/C28H38N8O.C27H36N8O.C26H34N8O/c1-19-20(2)31-27-23(37-17-16-35-12-7-5-8-13-35)18-21(25(29)24(19)27)32-26-22-10-6-9-14-36(22)33-28(26)30-11-15-34(3)4;1-32(2)16-11-29-27-25(22-9-5-8-14-35(22)31-27)30-21-19-23(26-20(24(21)28)10-15-33(26)3)36-18-17-34-12-6-4-7-13-34;1-32(2)15-11-29-26-25(21-8-4-7-14-34(21)31-26)30-20-18-22(24-19(23(20)27)9-10-28-24)35-17-16-33-12-5-3-6-13-33/h6,9-10,14,18,29,31H,5,7-8,11-13,15-17H2,1-4H3,(H,30,33);5,8-10,14-15,19,28H,4,6-7,11-13,16-18H2,1-3H3,(H,29,31);4,7-10,14,18,27-28H,3,5-6,11-13,15-17H2,1-2H3,(H,29,31). The Morgan fingerprint density at radius 1 is 0.463 bits per heavy atom. The van der Waals surface area contributed by atoms with E-state index in [1.54, 1.807) is 0 Å². The fraction of sp³-hybridized carbons (Fsp3) is 0.444. The molecule has 0 atom stereocenters. The van der Waals surface area contributed by atoms with Gasteiger partial charge in [-0.3, -0.25) is 30.9 Å². The number of likely N-dealkylation sites (tertiary alicyclic amines) is 3. The predicted octanol–water partition coefficient (Wildman–Crippen LogP) is 11.5. The van der Waals surface area contributed by atoms with E-state index in [4.69, 9.17) is 60.7 Å². The lowest BCUT2D eigenvalue weighted by Crippen LogP contribution is -2.32. The molecule has 3 saturated heterocycles. The van der Waals surface area contributed by atoms with Gasteiger partial charge in [0.05, 0.1) is 67.9 Å². The van der Waals surface area contributed by atoms with E-state index in [1.165, 1.54) is 57.8 Å². The second-order valence-electron chi connectivity index (χ2n) is 29.3. The average Bonchev–Trinajstić information content (AvgIpc) is 1.60. The minimum absolute atomic E-state index is 0.374. The number of allylic oxidation sites excluding steroid dienone is 3. The number of anilines is 3. The molecule has 9 aromatic heterocycles. The lowest BCUT2D eigenvalue weighted by molar-refractivity contribution is 0.169. The van der Waals surface area contributed by atoms with Crippen LogP contribution < -0.4 is 16.0 Å². The van der Waals surface area contributed by atoms with Crippen LogP contribution in [0, 0.1) is 30.1 Å². The monoisotopic (exact) mass is 1460 g/mol. The summed E-state index contributed by atoms with van der Waals surface area (Å²) in [6.45, 7) is 20.4. The minimum Gasteiger partial charge on any atom is -0.490 e. The zero-order valence-corrected chi connectivity index (χ0v) is 64.4. The highest BCUT2D eigenvalue weighted by Crippen LogP contribution is 2.38. The lowest BCUT2D eigenvalue weighted by Gasteiger charge is -2.27. The van der Waals surface area contributed by atoms with E-state index in [1.807, 2.05) is 190 Å². The number of fused-ring (bicyclic) bond motifs is 6. The molecular formula is C81H108N24O3. The van der Waals surface area contributed by atoms with Gasteiger partial charge < -0.3 is 59.4 Å². The molecule has 9 aromatic rings. The first-order valence-electron chi connectivity index (χ1n) is 38.4. The molecule has 0 amide bonds. The van der Waals surface area contributed by atoms with E-state index < -0.39 is 0 Å². The highest BCUT2D eigenvalue weighted by Gasteiger charge is 2.31. The van der Waals surface area contributed by atoms with Crippen molar-refractivity contribution in [2.45, 2.75) is 71.6 Å². The smallest absolute Gasteiger partial charge is 0.175 e. The summed E-state index contributed by atoms with van der Waals surface area (Å²) in [6, 6.07) is 21.7. The number of piperidine rings is 3. The van der Waals surface area contributed by atoms with Crippen molar-refractivity contribution in [2.24, 2.45) is 22.0 Å². The molecule has 3 fully saturated rings. The molecule has 27 nitrogen and oxygen atoms in total. The second kappa shape index (κ2) is 35.6. The van der Waals surface area contributed by atoms with E-state index in [0.29, 0.717) is 71.5 Å². The summed E-state index contributed by atoms with van der Waals surface area (Å²) < 4.78 is 26.5. The number of aromatic amines is 2. The maximum atomic E-state index is 9.07. The van der Waals surface area contributed by atoms with Crippen LogP contribution in [0.1, 0.15) is 103 Å². The average molecular weight is 1470 g/mol. The molecule has 570 valence electrons. The van der Waals surface area contributed by atoms with Gasteiger partial charge in [-0.15, -0.1) is 15.3 Å². The first-order chi connectivity index (χ1) is 52.5. The van der Waals surface area contributed by atoms with Crippen molar-refractivity contribution in [3.8, 4) is 0 Å². The molecular weight excluding hydrogens is 1360 g/mol. The van der Waals surface area contributed by atoms with Crippen molar-refractivity contribution >= 4 is 103 Å². The van der Waals surface area contributed by atoms with Gasteiger partial charge in [0.25, 0.3) is 0 Å². The number of pyridine rings is 3. The Hall–Kier alpha value is -10.3. The molecule has 3 aliphatic carbocycles. The Kier molecular flexibility index (Phi) is 25.0. The van der Waals surface area contributed by atoms with Crippen LogP contribution in [0.3, 0.4) is 0 Å². The number of aromatic nitrogens is 9. The van der Waals surface area contributed by atoms with Gasteiger partial charge in [0, 0.05) is 138 Å². The quantitative estimate of drug-likeness (QED) is 0.0238. The summed E-state index contributed by atoms with van der Waals surface area (Å²) >= 11 is 0. The number of likely N-dealkylation sites (N-methyl/N-ethyl adjacent to an activating group) is 3. The first-order valence-corrected chi connectivity index (χ1v) is 38.4. The number of nitrogens with zero attached hydrogens (tertiary/aromatic N) is 16. The van der Waals surface area contributed by atoms with Crippen molar-refractivity contribution in [1.29, 1.82) is 16.2 Å². The normalized spacial score (nSPS) is 17.6. The summed E-state index contributed by atoms with van der Waals surface area (Å²) in [5.74, 6) is 4.37. The zero-order valence-electron chi connectivity index (χ0n) is 64.4. The number of nitrogens with one attached hydrogen (secondary N) is 8. The maximum Gasteiger partial charge on any atom is 0.175 e. The molecule has 0 radical (unpaired) electrons. The van der Waals surface area contributed by atoms with E-state index in [-0.39, 0.29) is 0 Å². The molecule has 0 aromatic carbocycles. The third-order valence-electron chi connectivity index (χ3n) is 20.5. The number of rotatable bonds is 27. The molecule has 8 N–H and O–H groups in total. The predicted molar refractivity (Wildman–Crippen MR) is 438 cm³/mol. The SMILES string of the molecule is CN(C)CCNc1nn2ccccc2c1N=C1C=C(OCCN2CCCCC2)c2[nH]ccc2C1=N.CN(C)CCNc1nn2ccccc2c1N=C1C=C(OCCN2CCCCC2)c2c(ccn2C)C1=N.Cc1[nH]c2c(c1C)C(=N)C(=Nc1c(NCCN(C)C)nn3ccccc13)C=C2OCCN1CCCCC1. The van der Waals surface area contributed by atoms with Crippen LogP contribution in [-0.4, -0.2) is 267 Å². The van der Waals surface area contributed by atoms with Crippen LogP contribution in [0.15, 0.2) is 131 Å². The van der Waals surface area contributed by atoms with Crippen LogP contribution in [0.5, 0.6) is 0 Å². The summed E-state index contributed by atoms with van der Waals surface area (Å²) in [5.41, 5.74) is 15.0. The molecule has 27 heteroatoms. The number of hydrogen-bond donors (Lipinski definition) is 8. The van der Waals surface area contributed by atoms with Crippen molar-refractivity contribution in [3.63, 3.8) is 0 Å². The molecule has 0 unspecified atom stereocenters. The fourth-order valence-electron chi connectivity index (χ4n) is 14.4. The number of H-pyrrole nitrogens is 2. The van der Waals surface area contributed by atoms with E-state index in [2.05, 4.69) is 62.2 Å². The largest absolute Gasteiger partial charge is 0.490 e.